The van der Waals surface area contributed by atoms with Crippen LogP contribution in [0.1, 0.15) is 464 Å². The Labute approximate surface area is 620 Å². The molecule has 2 aliphatic rings. The minimum Gasteiger partial charge on any atom is -0.426 e. The van der Waals surface area contributed by atoms with Gasteiger partial charge in [-0.25, -0.2) is 0 Å². The van der Waals surface area contributed by atoms with Gasteiger partial charge in [0, 0.05) is 0 Å². The molecule has 2 fully saturated rings. The predicted molar refractivity (Wildman–Crippen MR) is 436 cm³/mol. The molecule has 2 atom stereocenters. The molecular formula is C91H166O6P2. The largest absolute Gasteiger partial charge is 0.426 e. The zero-order valence-electron chi connectivity index (χ0n) is 66.9. The summed E-state index contributed by atoms with van der Waals surface area (Å²) in [6, 6.07) is 17.6. The van der Waals surface area contributed by atoms with Crippen molar-refractivity contribution in [2.75, 3.05) is 13.2 Å². The Balaban J connectivity index is 1.25. The molecule has 99 heavy (non-hydrogen) atoms. The maximum Gasteiger partial charge on any atom is 0.397 e. The van der Waals surface area contributed by atoms with Crippen LogP contribution in [0.25, 0.3) is 0 Å². The zero-order chi connectivity index (χ0) is 70.3. The predicted octanol–water partition coefficient (Wildman–Crippen LogP) is 32.8. The van der Waals surface area contributed by atoms with E-state index in [2.05, 4.69) is 90.1 Å². The normalized spacial score (nSPS) is 17.4. The van der Waals surface area contributed by atoms with Gasteiger partial charge in [-0.1, -0.05) is 412 Å². The highest BCUT2D eigenvalue weighted by Gasteiger charge is 2.42. The summed E-state index contributed by atoms with van der Waals surface area (Å²) in [5, 5.41) is 0. The molecule has 0 radical (unpaired) electrons. The molecule has 2 aliphatic carbocycles. The first-order valence-corrected chi connectivity index (χ1v) is 46.8. The summed E-state index contributed by atoms with van der Waals surface area (Å²) in [7, 11) is -2.99. The number of unbranched alkanes of at least 4 members (excludes halogenated alkanes) is 52. The van der Waals surface area contributed by atoms with Gasteiger partial charge in [-0.05, 0) is 130 Å². The van der Waals surface area contributed by atoms with E-state index in [1.54, 1.807) is 0 Å². The third-order valence-corrected chi connectivity index (χ3v) is 25.6. The van der Waals surface area contributed by atoms with Crippen molar-refractivity contribution in [2.24, 2.45) is 17.3 Å². The van der Waals surface area contributed by atoms with Crippen molar-refractivity contribution in [1.82, 2.24) is 0 Å². The smallest absolute Gasteiger partial charge is 0.397 e. The summed E-state index contributed by atoms with van der Waals surface area (Å²) < 4.78 is 41.3. The van der Waals surface area contributed by atoms with E-state index in [-0.39, 0.29) is 17.6 Å². The summed E-state index contributed by atoms with van der Waals surface area (Å²) in [4.78, 5) is 0. The highest BCUT2D eigenvalue weighted by atomic mass is 31.2. The fourth-order valence-electron chi connectivity index (χ4n) is 16.2. The number of hydrogen-bond donors (Lipinski definition) is 0. The van der Waals surface area contributed by atoms with E-state index in [0.717, 1.165) is 62.9 Å². The van der Waals surface area contributed by atoms with E-state index < -0.39 is 17.2 Å². The molecule has 0 amide bonds. The highest BCUT2D eigenvalue weighted by Crippen LogP contribution is 2.53. The molecule has 6 nitrogen and oxygen atoms in total. The molecule has 0 aliphatic heterocycles. The van der Waals surface area contributed by atoms with Gasteiger partial charge < -0.3 is 18.1 Å². The van der Waals surface area contributed by atoms with Crippen LogP contribution < -0.4 is 9.05 Å². The molecule has 0 aromatic heterocycles. The minimum atomic E-state index is -1.50. The zero-order valence-corrected chi connectivity index (χ0v) is 68.6. The second-order valence-corrected chi connectivity index (χ2v) is 34.6. The van der Waals surface area contributed by atoms with E-state index in [1.807, 2.05) is 0 Å². The van der Waals surface area contributed by atoms with Crippen molar-refractivity contribution < 1.29 is 27.1 Å². The highest BCUT2D eigenvalue weighted by molar-refractivity contribution is 7.42. The fraction of sp³-hybridized carbons (Fsp3) is 0.868. The lowest BCUT2D eigenvalue weighted by atomic mass is 9.60. The molecule has 4 rings (SSSR count). The molecule has 0 bridgehead atoms. The Morgan fingerprint density at radius 2 is 0.485 bits per heavy atom. The van der Waals surface area contributed by atoms with Crippen molar-refractivity contribution >= 4 is 17.2 Å². The van der Waals surface area contributed by atoms with Gasteiger partial charge in [0.05, 0.1) is 25.4 Å². The van der Waals surface area contributed by atoms with Crippen LogP contribution in [-0.2, 0) is 30.9 Å². The Bertz CT molecular complexity index is 1880. The lowest BCUT2D eigenvalue weighted by molar-refractivity contribution is 0.00598. The molecule has 0 N–H and O–H groups in total. The van der Waals surface area contributed by atoms with Crippen LogP contribution >= 0.6 is 17.2 Å². The van der Waals surface area contributed by atoms with Crippen LogP contribution in [0.3, 0.4) is 0 Å². The second kappa shape index (κ2) is 65.1. The van der Waals surface area contributed by atoms with Gasteiger partial charge in [0.2, 0.25) is 0 Å². The summed E-state index contributed by atoms with van der Waals surface area (Å²) in [5.41, 5.74) is 2.88. The van der Waals surface area contributed by atoms with Gasteiger partial charge in [-0.2, -0.15) is 0 Å². The van der Waals surface area contributed by atoms with Gasteiger partial charge in [0.15, 0.2) is 0 Å². The van der Waals surface area contributed by atoms with Crippen molar-refractivity contribution in [1.29, 1.82) is 0 Å². The topological polar surface area (TPSA) is 55.4 Å². The first kappa shape index (κ1) is 90.1. The van der Waals surface area contributed by atoms with Gasteiger partial charge in [-0.3, -0.25) is 9.05 Å². The molecule has 2 saturated carbocycles. The van der Waals surface area contributed by atoms with Crippen molar-refractivity contribution in [2.45, 2.75) is 478 Å². The molecule has 0 saturated heterocycles. The van der Waals surface area contributed by atoms with Crippen molar-refractivity contribution in [3.8, 4) is 11.5 Å². The first-order valence-electron chi connectivity index (χ1n) is 44.6. The summed E-state index contributed by atoms with van der Waals surface area (Å²) in [6.07, 6.45) is 88.4. The summed E-state index contributed by atoms with van der Waals surface area (Å²) in [5.74, 6) is 3.31. The molecule has 8 heteroatoms. The lowest BCUT2D eigenvalue weighted by Gasteiger charge is -2.46. The minimum absolute atomic E-state index is 0.176. The van der Waals surface area contributed by atoms with Gasteiger partial charge in [-0.15, -0.1) is 0 Å². The molecule has 576 valence electrons. The Kier molecular flexibility index (Phi) is 59.2. The van der Waals surface area contributed by atoms with Crippen LogP contribution in [0.4, 0.5) is 0 Å². The van der Waals surface area contributed by atoms with Crippen LogP contribution in [0.2, 0.25) is 0 Å². The quantitative estimate of drug-likeness (QED) is 0.0486. The lowest BCUT2D eigenvalue weighted by Crippen LogP contribution is -2.39. The van der Waals surface area contributed by atoms with Crippen LogP contribution in [0.15, 0.2) is 48.5 Å². The van der Waals surface area contributed by atoms with E-state index in [9.17, 15) is 0 Å². The standard InChI is InChI=1S/C91H166O6P2/c1-7-11-15-19-23-27-31-35-39-43-47-51-55-59-67-83-69-61-63-71-89(83)96-98(92-81-65-57-53-49-45-41-37-33-29-25-21-17-13-9-3)94-87-77-73-85(74-78-87)91(5,6)86-75-79-88(80-76-86)95-99(93-82-66-58-54-50-46-42-38-34-30-26-22-18-14-10-4)97-90-72-64-62-70-84(90)68-60-56-52-48-44-40-36-32-28-24-20-16-12-8-2/h61-64,69-72,85-88H,7-60,65-68,73-82H2,1-6H3. The average Bonchev–Trinajstić information content (AvgIpc) is 0.808. The van der Waals surface area contributed by atoms with Crippen molar-refractivity contribution in [3.05, 3.63) is 59.7 Å². The summed E-state index contributed by atoms with van der Waals surface area (Å²) in [6.45, 7) is 15.9. The maximum absolute atomic E-state index is 7.03. The van der Waals surface area contributed by atoms with E-state index >= 15 is 0 Å². The van der Waals surface area contributed by atoms with Crippen LogP contribution in [0, 0.1) is 17.3 Å². The molecule has 0 spiro atoms. The number of rotatable bonds is 72. The molecule has 2 aromatic carbocycles. The number of benzene rings is 2. The van der Waals surface area contributed by atoms with E-state index in [4.69, 9.17) is 27.1 Å². The van der Waals surface area contributed by atoms with Crippen LogP contribution in [-0.4, -0.2) is 25.4 Å². The molecule has 0 heterocycles. The van der Waals surface area contributed by atoms with E-state index in [0.29, 0.717) is 25.0 Å². The molecular weight excluding hydrogens is 1250 g/mol. The Hall–Kier alpha value is -1.26. The number of hydrogen-bond acceptors (Lipinski definition) is 6. The van der Waals surface area contributed by atoms with Gasteiger partial charge in [0.1, 0.15) is 11.5 Å². The van der Waals surface area contributed by atoms with Crippen LogP contribution in [0.5, 0.6) is 11.5 Å². The first-order chi connectivity index (χ1) is 48.9. The van der Waals surface area contributed by atoms with Crippen molar-refractivity contribution in [3.63, 3.8) is 0 Å². The summed E-state index contributed by atoms with van der Waals surface area (Å²) >= 11 is 0. The van der Waals surface area contributed by atoms with Gasteiger partial charge in [0.25, 0.3) is 0 Å². The molecule has 2 unspecified atom stereocenters. The fourth-order valence-corrected chi connectivity index (χ4v) is 18.7. The second-order valence-electron chi connectivity index (χ2n) is 32.4. The molecule has 2 aromatic rings. The van der Waals surface area contributed by atoms with Gasteiger partial charge >= 0.3 is 17.2 Å². The third kappa shape index (κ3) is 47.8. The monoisotopic (exact) mass is 1420 g/mol. The number of aryl methyl sites for hydroxylation is 2. The maximum atomic E-state index is 7.03. The average molecular weight is 1420 g/mol. The van der Waals surface area contributed by atoms with E-state index in [1.165, 1.54) is 384 Å². The Morgan fingerprint density at radius 1 is 0.273 bits per heavy atom. The SMILES string of the molecule is CCCCCCCCCCCCCCCCOP(Oc1ccccc1CCCCCCCCCCCCCCCC)OC1CCC(C(C)(C)C2CCC(OP(OCCCCCCCCCCCCCCCC)Oc3ccccc3CCCCCCCCCCCCCCCC)CC2)CC1. The number of para-hydroxylation sites is 2. The Morgan fingerprint density at radius 3 is 0.727 bits per heavy atom. The third-order valence-electron chi connectivity index (χ3n) is 23.2.